The third kappa shape index (κ3) is 3.38. The highest BCUT2D eigenvalue weighted by Gasteiger charge is 2.23. The first kappa shape index (κ1) is 13.2. The Morgan fingerprint density at radius 2 is 2.44 bits per heavy atom. The van der Waals surface area contributed by atoms with E-state index < -0.39 is 0 Å². The molecule has 1 saturated heterocycles. The Hall–Kier alpha value is -1.23. The number of aryl methyl sites for hydroxylation is 1. The number of anilines is 1. The second-order valence-corrected chi connectivity index (χ2v) is 5.85. The first-order valence-corrected chi connectivity index (χ1v) is 7.35. The molecule has 1 aromatic rings. The zero-order chi connectivity index (χ0) is 13.0. The number of carbonyl (C=O) groups excluding carboxylic acids is 1. The van der Waals surface area contributed by atoms with Crippen molar-refractivity contribution in [1.82, 2.24) is 9.88 Å². The molecule has 2 heterocycles. The van der Waals surface area contributed by atoms with Gasteiger partial charge in [0.25, 0.3) is 0 Å². The van der Waals surface area contributed by atoms with Crippen molar-refractivity contribution in [3.63, 3.8) is 0 Å². The Morgan fingerprint density at radius 3 is 3.17 bits per heavy atom. The molecule has 1 unspecified atom stereocenters. The minimum atomic E-state index is -0.0353. The number of nitrogens with zero attached hydrogens (tertiary/aromatic N) is 2. The molecule has 0 radical (unpaired) electrons. The van der Waals surface area contributed by atoms with Gasteiger partial charge in [0.05, 0.1) is 0 Å². The number of hydrogen-bond donors (Lipinski definition) is 1. The van der Waals surface area contributed by atoms with Crippen molar-refractivity contribution in [3.8, 4) is 0 Å². The molecule has 1 aliphatic heterocycles. The Labute approximate surface area is 112 Å². The lowest BCUT2D eigenvalue weighted by Gasteiger charge is -2.31. The van der Waals surface area contributed by atoms with E-state index in [2.05, 4.69) is 17.2 Å². The summed E-state index contributed by atoms with van der Waals surface area (Å²) in [5.41, 5.74) is 0.911. The van der Waals surface area contributed by atoms with E-state index in [1.807, 2.05) is 41.8 Å². The normalized spacial score (nSPS) is 19.7. The van der Waals surface area contributed by atoms with Crippen LogP contribution in [0.25, 0.3) is 0 Å². The summed E-state index contributed by atoms with van der Waals surface area (Å²) < 4.78 is 0. The number of amides is 2. The Kier molecular flexibility index (Phi) is 4.47. The molecule has 2 rings (SSSR count). The van der Waals surface area contributed by atoms with E-state index in [4.69, 9.17) is 0 Å². The van der Waals surface area contributed by atoms with E-state index in [-0.39, 0.29) is 6.03 Å². The number of rotatable bonds is 2. The first-order valence-electron chi connectivity index (χ1n) is 6.30. The Balaban J connectivity index is 1.95. The van der Waals surface area contributed by atoms with Gasteiger partial charge in [0.2, 0.25) is 0 Å². The van der Waals surface area contributed by atoms with Gasteiger partial charge in [-0.1, -0.05) is 13.0 Å². The van der Waals surface area contributed by atoms with Crippen molar-refractivity contribution >= 4 is 23.6 Å². The lowest BCUT2D eigenvalue weighted by atomic mass is 10.3. The van der Waals surface area contributed by atoms with Gasteiger partial charge in [-0.2, -0.15) is 11.8 Å². The van der Waals surface area contributed by atoms with Crippen LogP contribution in [0.1, 0.15) is 19.0 Å². The van der Waals surface area contributed by atoms with E-state index in [0.717, 1.165) is 31.0 Å². The highest BCUT2D eigenvalue weighted by Crippen LogP contribution is 2.21. The number of carbonyl (C=O) groups is 1. The quantitative estimate of drug-likeness (QED) is 0.894. The van der Waals surface area contributed by atoms with E-state index in [9.17, 15) is 4.79 Å². The second kappa shape index (κ2) is 6.09. The monoisotopic (exact) mass is 265 g/mol. The molecule has 1 fully saturated rings. The van der Waals surface area contributed by atoms with Crippen LogP contribution in [0.4, 0.5) is 10.6 Å². The molecule has 5 heteroatoms. The van der Waals surface area contributed by atoms with Gasteiger partial charge in [0.15, 0.2) is 0 Å². The third-order valence-corrected chi connectivity index (χ3v) is 4.38. The molecule has 1 aliphatic rings. The van der Waals surface area contributed by atoms with Crippen molar-refractivity contribution in [2.75, 3.05) is 24.2 Å². The number of urea groups is 1. The van der Waals surface area contributed by atoms with Crippen LogP contribution in [0.3, 0.4) is 0 Å². The van der Waals surface area contributed by atoms with Gasteiger partial charge in [-0.05, 0) is 25.5 Å². The highest BCUT2D eigenvalue weighted by molar-refractivity contribution is 8.00. The molecule has 1 N–H and O–H groups in total. The van der Waals surface area contributed by atoms with Crippen molar-refractivity contribution in [1.29, 1.82) is 0 Å². The fourth-order valence-corrected chi connectivity index (χ4v) is 3.13. The SMILES string of the molecule is CCC1CN(C(=O)Nc2cccc(C)n2)CCS1. The molecule has 1 atom stereocenters. The molecule has 0 aromatic carbocycles. The zero-order valence-electron chi connectivity index (χ0n) is 10.8. The van der Waals surface area contributed by atoms with Gasteiger partial charge in [-0.15, -0.1) is 0 Å². The minimum Gasteiger partial charge on any atom is -0.323 e. The van der Waals surface area contributed by atoms with Crippen LogP contribution in [0.15, 0.2) is 18.2 Å². The molecular formula is C13H19N3OS. The molecule has 98 valence electrons. The Morgan fingerprint density at radius 1 is 1.61 bits per heavy atom. The van der Waals surface area contributed by atoms with E-state index in [1.54, 1.807) is 0 Å². The van der Waals surface area contributed by atoms with Crippen molar-refractivity contribution in [3.05, 3.63) is 23.9 Å². The maximum Gasteiger partial charge on any atom is 0.323 e. The summed E-state index contributed by atoms with van der Waals surface area (Å²) in [4.78, 5) is 18.3. The van der Waals surface area contributed by atoms with Crippen LogP contribution >= 0.6 is 11.8 Å². The van der Waals surface area contributed by atoms with Crippen molar-refractivity contribution in [2.24, 2.45) is 0 Å². The van der Waals surface area contributed by atoms with Crippen LogP contribution in [0.5, 0.6) is 0 Å². The highest BCUT2D eigenvalue weighted by atomic mass is 32.2. The standard InChI is InChI=1S/C13H19N3OS/c1-3-11-9-16(7-8-18-11)13(17)15-12-6-4-5-10(2)14-12/h4-6,11H,3,7-9H2,1-2H3,(H,14,15,17). The third-order valence-electron chi connectivity index (χ3n) is 3.00. The molecule has 0 spiro atoms. The fourth-order valence-electron chi connectivity index (χ4n) is 1.95. The fraction of sp³-hybridized carbons (Fsp3) is 0.538. The lowest BCUT2D eigenvalue weighted by molar-refractivity contribution is 0.213. The smallest absolute Gasteiger partial charge is 0.323 e. The lowest BCUT2D eigenvalue weighted by Crippen LogP contribution is -2.44. The van der Waals surface area contributed by atoms with Gasteiger partial charge in [-0.3, -0.25) is 5.32 Å². The summed E-state index contributed by atoms with van der Waals surface area (Å²) in [6.07, 6.45) is 1.11. The predicted octanol–water partition coefficient (Wildman–Crippen LogP) is 2.75. The van der Waals surface area contributed by atoms with Gasteiger partial charge in [0.1, 0.15) is 5.82 Å². The van der Waals surface area contributed by atoms with E-state index >= 15 is 0 Å². The second-order valence-electron chi connectivity index (χ2n) is 4.44. The largest absolute Gasteiger partial charge is 0.323 e. The van der Waals surface area contributed by atoms with Gasteiger partial charge in [-0.25, -0.2) is 9.78 Å². The van der Waals surface area contributed by atoms with Gasteiger partial charge < -0.3 is 4.90 Å². The zero-order valence-corrected chi connectivity index (χ0v) is 11.7. The molecular weight excluding hydrogens is 246 g/mol. The van der Waals surface area contributed by atoms with E-state index in [0.29, 0.717) is 11.1 Å². The molecule has 2 amide bonds. The summed E-state index contributed by atoms with van der Waals surface area (Å²) in [6.45, 7) is 5.74. The maximum atomic E-state index is 12.1. The Bertz CT molecular complexity index is 424. The molecule has 0 saturated carbocycles. The molecule has 18 heavy (non-hydrogen) atoms. The van der Waals surface area contributed by atoms with Crippen molar-refractivity contribution in [2.45, 2.75) is 25.5 Å². The number of thioether (sulfide) groups is 1. The maximum absolute atomic E-state index is 12.1. The summed E-state index contributed by atoms with van der Waals surface area (Å²) in [6, 6.07) is 5.60. The number of hydrogen-bond acceptors (Lipinski definition) is 3. The molecule has 0 bridgehead atoms. The molecule has 0 aliphatic carbocycles. The van der Waals surface area contributed by atoms with Crippen LogP contribution < -0.4 is 5.32 Å². The molecule has 4 nitrogen and oxygen atoms in total. The number of aromatic nitrogens is 1. The van der Waals surface area contributed by atoms with Crippen molar-refractivity contribution < 1.29 is 4.79 Å². The summed E-state index contributed by atoms with van der Waals surface area (Å²) >= 11 is 1.96. The minimum absolute atomic E-state index is 0.0353. The van der Waals surface area contributed by atoms with Gasteiger partial charge >= 0.3 is 6.03 Å². The average Bonchev–Trinajstić information content (AvgIpc) is 2.39. The van der Waals surface area contributed by atoms with Crippen LogP contribution in [0, 0.1) is 6.92 Å². The van der Waals surface area contributed by atoms with Crippen LogP contribution in [-0.4, -0.2) is 40.0 Å². The summed E-state index contributed by atoms with van der Waals surface area (Å²) in [5.74, 6) is 1.65. The summed E-state index contributed by atoms with van der Waals surface area (Å²) in [5, 5.41) is 3.43. The van der Waals surface area contributed by atoms with E-state index in [1.165, 1.54) is 0 Å². The van der Waals surface area contributed by atoms with Crippen LogP contribution in [-0.2, 0) is 0 Å². The summed E-state index contributed by atoms with van der Waals surface area (Å²) in [7, 11) is 0. The number of pyridine rings is 1. The average molecular weight is 265 g/mol. The van der Waals surface area contributed by atoms with Gasteiger partial charge in [0, 0.05) is 29.8 Å². The topological polar surface area (TPSA) is 45.2 Å². The van der Waals surface area contributed by atoms with Crippen LogP contribution in [0.2, 0.25) is 0 Å². The molecule has 1 aromatic heterocycles. The first-order chi connectivity index (χ1) is 8.69. The predicted molar refractivity (Wildman–Crippen MR) is 76.1 cm³/mol. The number of nitrogens with one attached hydrogen (secondary N) is 1.